The molecule has 148 valence electrons. The highest BCUT2D eigenvalue weighted by Gasteiger charge is 2.47. The van der Waals surface area contributed by atoms with Gasteiger partial charge in [0.1, 0.15) is 6.07 Å². The SMILES string of the molecule is N#Cc1ccc(NC(=O)C2(C3=CC=C(C4=CN=C(N)NC4)NC3)CCC2)cc1Cl. The van der Waals surface area contributed by atoms with Crippen LogP contribution < -0.4 is 21.7 Å². The second-order valence-corrected chi connectivity index (χ2v) is 7.75. The Morgan fingerprint density at radius 3 is 2.66 bits per heavy atom. The second-order valence-electron chi connectivity index (χ2n) is 7.34. The van der Waals surface area contributed by atoms with Crippen LogP contribution in [-0.4, -0.2) is 25.0 Å². The Morgan fingerprint density at radius 1 is 1.28 bits per heavy atom. The largest absolute Gasteiger partial charge is 0.381 e. The number of dihydropyridines is 1. The Kier molecular flexibility index (Phi) is 5.03. The maximum absolute atomic E-state index is 13.1. The molecule has 8 heteroatoms. The summed E-state index contributed by atoms with van der Waals surface area (Å²) in [5.74, 6) is 0.375. The molecule has 1 aliphatic carbocycles. The zero-order valence-electron chi connectivity index (χ0n) is 15.8. The van der Waals surface area contributed by atoms with Crippen molar-refractivity contribution in [2.45, 2.75) is 19.3 Å². The summed E-state index contributed by atoms with van der Waals surface area (Å²) in [7, 11) is 0. The number of nitrogens with zero attached hydrogens (tertiary/aromatic N) is 2. The molecule has 0 saturated heterocycles. The third kappa shape index (κ3) is 3.59. The Bertz CT molecular complexity index is 1030. The van der Waals surface area contributed by atoms with E-state index in [9.17, 15) is 4.79 Å². The molecule has 0 atom stereocenters. The number of guanidine groups is 1. The highest BCUT2D eigenvalue weighted by Crippen LogP contribution is 2.48. The van der Waals surface area contributed by atoms with E-state index >= 15 is 0 Å². The first kappa shape index (κ1) is 19.1. The van der Waals surface area contributed by atoms with Gasteiger partial charge in [-0.05, 0) is 42.7 Å². The number of benzene rings is 1. The molecule has 7 nitrogen and oxygen atoms in total. The quantitative estimate of drug-likeness (QED) is 0.611. The lowest BCUT2D eigenvalue weighted by Crippen LogP contribution is -2.46. The van der Waals surface area contributed by atoms with E-state index in [1.807, 2.05) is 18.2 Å². The summed E-state index contributed by atoms with van der Waals surface area (Å²) in [6.45, 7) is 1.21. The number of carbonyl (C=O) groups excluding carboxylic acids is 1. The molecule has 0 radical (unpaired) electrons. The standard InChI is InChI=1S/C21H21ClN6O/c22-17-8-16(4-2-13(17)9-23)28-19(29)21(6-1-7-21)15-3-5-18(25-12-15)14-10-26-20(24)27-11-14/h2-5,8,10,25H,1,6-7,11-12H2,(H,28,29)(H3,24,26,27). The molecule has 1 aromatic rings. The van der Waals surface area contributed by atoms with Crippen molar-refractivity contribution in [2.75, 3.05) is 18.4 Å². The molecule has 2 heterocycles. The van der Waals surface area contributed by atoms with Gasteiger partial charge in [0.15, 0.2) is 5.96 Å². The molecule has 1 saturated carbocycles. The van der Waals surface area contributed by atoms with Crippen molar-refractivity contribution >= 4 is 29.2 Å². The fraction of sp³-hybridized carbons (Fsp3) is 0.286. The number of carbonyl (C=O) groups is 1. The van der Waals surface area contributed by atoms with Crippen molar-refractivity contribution in [3.63, 3.8) is 0 Å². The number of anilines is 1. The number of hydrogen-bond acceptors (Lipinski definition) is 6. The molecule has 0 unspecified atom stereocenters. The van der Waals surface area contributed by atoms with Gasteiger partial charge in [0.25, 0.3) is 0 Å². The van der Waals surface area contributed by atoms with Crippen LogP contribution in [0.15, 0.2) is 58.4 Å². The summed E-state index contributed by atoms with van der Waals surface area (Å²) in [6.07, 6.45) is 8.42. The average Bonchev–Trinajstić information content (AvgIpc) is 2.68. The Labute approximate surface area is 174 Å². The van der Waals surface area contributed by atoms with Crippen LogP contribution in [0.5, 0.6) is 0 Å². The predicted molar refractivity (Wildman–Crippen MR) is 113 cm³/mol. The highest BCUT2D eigenvalue weighted by atomic mass is 35.5. The molecule has 29 heavy (non-hydrogen) atoms. The smallest absolute Gasteiger partial charge is 0.234 e. The summed E-state index contributed by atoms with van der Waals surface area (Å²) in [4.78, 5) is 17.2. The fourth-order valence-electron chi connectivity index (χ4n) is 3.79. The van der Waals surface area contributed by atoms with Crippen molar-refractivity contribution in [3.05, 3.63) is 64.0 Å². The number of nitriles is 1. The first-order valence-corrected chi connectivity index (χ1v) is 9.82. The lowest BCUT2D eigenvalue weighted by atomic mass is 9.62. The van der Waals surface area contributed by atoms with E-state index in [0.29, 0.717) is 35.3 Å². The number of rotatable bonds is 4. The normalized spacial score (nSPS) is 19.7. The third-order valence-corrected chi connectivity index (χ3v) is 6.00. The van der Waals surface area contributed by atoms with Gasteiger partial charge in [-0.25, -0.2) is 4.99 Å². The summed E-state index contributed by atoms with van der Waals surface area (Å²) in [6, 6.07) is 6.95. The number of aliphatic imine (C=N–C) groups is 1. The molecular formula is C21H21ClN6O. The van der Waals surface area contributed by atoms with Gasteiger partial charge in [0.2, 0.25) is 5.91 Å². The van der Waals surface area contributed by atoms with Crippen LogP contribution in [0.25, 0.3) is 0 Å². The molecule has 0 aromatic heterocycles. The minimum Gasteiger partial charge on any atom is -0.381 e. The van der Waals surface area contributed by atoms with Crippen LogP contribution >= 0.6 is 11.6 Å². The number of nitrogens with one attached hydrogen (secondary N) is 3. The van der Waals surface area contributed by atoms with Crippen molar-refractivity contribution in [2.24, 2.45) is 16.1 Å². The van der Waals surface area contributed by atoms with Crippen LogP contribution in [0, 0.1) is 16.7 Å². The topological polar surface area (TPSA) is 115 Å². The Hall–Kier alpha value is -3.24. The van der Waals surface area contributed by atoms with Crippen molar-refractivity contribution in [3.8, 4) is 6.07 Å². The van der Waals surface area contributed by atoms with E-state index in [4.69, 9.17) is 22.6 Å². The maximum Gasteiger partial charge on any atom is 0.234 e. The summed E-state index contributed by atoms with van der Waals surface area (Å²) >= 11 is 6.09. The fourth-order valence-corrected chi connectivity index (χ4v) is 4.01. The molecule has 2 aliphatic heterocycles. The summed E-state index contributed by atoms with van der Waals surface area (Å²) in [5.41, 5.74) is 9.16. The summed E-state index contributed by atoms with van der Waals surface area (Å²) < 4.78 is 0. The summed E-state index contributed by atoms with van der Waals surface area (Å²) in [5, 5.41) is 18.7. The van der Waals surface area contributed by atoms with Crippen LogP contribution in [0.1, 0.15) is 24.8 Å². The van der Waals surface area contributed by atoms with Gasteiger partial charge in [-0.15, -0.1) is 0 Å². The predicted octanol–water partition coefficient (Wildman–Crippen LogP) is 2.54. The van der Waals surface area contributed by atoms with E-state index in [1.54, 1.807) is 24.4 Å². The van der Waals surface area contributed by atoms with Crippen LogP contribution in [0.4, 0.5) is 5.69 Å². The molecule has 0 spiro atoms. The zero-order chi connectivity index (χ0) is 20.4. The first-order chi connectivity index (χ1) is 14.0. The van der Waals surface area contributed by atoms with Gasteiger partial charge in [-0.2, -0.15) is 5.26 Å². The molecule has 1 aromatic carbocycles. The van der Waals surface area contributed by atoms with Gasteiger partial charge >= 0.3 is 0 Å². The average molecular weight is 409 g/mol. The number of allylic oxidation sites excluding steroid dienone is 2. The number of halogens is 1. The Morgan fingerprint density at radius 2 is 2.10 bits per heavy atom. The van der Waals surface area contributed by atoms with E-state index in [-0.39, 0.29) is 5.91 Å². The van der Waals surface area contributed by atoms with Crippen LogP contribution in [-0.2, 0) is 4.79 Å². The van der Waals surface area contributed by atoms with Crippen LogP contribution in [0.3, 0.4) is 0 Å². The zero-order valence-corrected chi connectivity index (χ0v) is 16.5. The lowest BCUT2D eigenvalue weighted by Gasteiger charge is -2.43. The van der Waals surface area contributed by atoms with Crippen molar-refractivity contribution < 1.29 is 4.79 Å². The monoisotopic (exact) mass is 408 g/mol. The van der Waals surface area contributed by atoms with E-state index in [1.165, 1.54) is 0 Å². The molecule has 3 aliphatic rings. The number of amides is 1. The molecular weight excluding hydrogens is 388 g/mol. The minimum absolute atomic E-state index is 0.0367. The first-order valence-electron chi connectivity index (χ1n) is 9.45. The minimum atomic E-state index is -0.517. The van der Waals surface area contributed by atoms with Crippen molar-refractivity contribution in [1.82, 2.24) is 10.6 Å². The van der Waals surface area contributed by atoms with Gasteiger partial charge in [-0.1, -0.05) is 24.1 Å². The van der Waals surface area contributed by atoms with Crippen LogP contribution in [0.2, 0.25) is 5.02 Å². The van der Waals surface area contributed by atoms with Crippen molar-refractivity contribution in [1.29, 1.82) is 5.26 Å². The molecule has 5 N–H and O–H groups in total. The highest BCUT2D eigenvalue weighted by molar-refractivity contribution is 6.32. The molecule has 1 amide bonds. The maximum atomic E-state index is 13.1. The second kappa shape index (κ2) is 7.64. The molecule has 4 rings (SSSR count). The Balaban J connectivity index is 1.53. The van der Waals surface area contributed by atoms with E-state index in [2.05, 4.69) is 20.9 Å². The lowest BCUT2D eigenvalue weighted by molar-refractivity contribution is -0.127. The number of hydrogen-bond donors (Lipinski definition) is 4. The van der Waals surface area contributed by atoms with E-state index < -0.39 is 5.41 Å². The number of nitrogens with two attached hydrogens (primary N) is 1. The third-order valence-electron chi connectivity index (χ3n) is 5.69. The molecule has 0 bridgehead atoms. The molecule has 1 fully saturated rings. The van der Waals surface area contributed by atoms with Gasteiger partial charge < -0.3 is 21.7 Å². The van der Waals surface area contributed by atoms with E-state index in [0.717, 1.165) is 36.1 Å². The van der Waals surface area contributed by atoms with Gasteiger partial charge in [0, 0.05) is 36.2 Å². The van der Waals surface area contributed by atoms with Gasteiger partial charge in [0.05, 0.1) is 16.0 Å². The van der Waals surface area contributed by atoms with Gasteiger partial charge in [-0.3, -0.25) is 4.79 Å².